The molecule has 92 valence electrons. The van der Waals surface area contributed by atoms with Crippen molar-refractivity contribution in [2.75, 3.05) is 11.9 Å². The van der Waals surface area contributed by atoms with E-state index in [1.54, 1.807) is 0 Å². The Morgan fingerprint density at radius 1 is 1.17 bits per heavy atom. The summed E-state index contributed by atoms with van der Waals surface area (Å²) in [7, 11) is 0. The molecule has 0 aromatic heterocycles. The molecule has 18 heavy (non-hydrogen) atoms. The minimum absolute atomic E-state index is 0.625. The molecule has 0 saturated carbocycles. The Morgan fingerprint density at radius 2 is 2.06 bits per heavy atom. The zero-order valence-corrected chi connectivity index (χ0v) is 10.6. The van der Waals surface area contributed by atoms with Gasteiger partial charge in [-0.25, -0.2) is 0 Å². The van der Waals surface area contributed by atoms with Crippen molar-refractivity contribution >= 4 is 5.69 Å². The molecule has 0 unspecified atom stereocenters. The Morgan fingerprint density at radius 3 is 2.94 bits per heavy atom. The summed E-state index contributed by atoms with van der Waals surface area (Å²) in [6, 6.07) is 14.7. The minimum atomic E-state index is 0.625. The van der Waals surface area contributed by atoms with Crippen LogP contribution in [-0.4, -0.2) is 6.54 Å². The Hall–Kier alpha value is -1.96. The van der Waals surface area contributed by atoms with E-state index in [2.05, 4.69) is 36.5 Å². The first kappa shape index (κ1) is 11.1. The van der Waals surface area contributed by atoms with Crippen molar-refractivity contribution in [2.24, 2.45) is 0 Å². The third-order valence-electron chi connectivity index (χ3n) is 3.37. The lowest BCUT2D eigenvalue weighted by Crippen LogP contribution is -1.98. The molecule has 2 aromatic rings. The Kier molecular flexibility index (Phi) is 2.93. The van der Waals surface area contributed by atoms with Crippen molar-refractivity contribution in [3.8, 4) is 5.75 Å². The molecule has 1 N–H and O–H groups in total. The third kappa shape index (κ3) is 2.19. The largest absolute Gasteiger partial charge is 0.489 e. The molecule has 2 nitrogen and oxygen atoms in total. The standard InChI is InChI=1S/C16H17NO/c1-12-4-2-3-5-16(12)18-11-13-6-7-14-8-9-17-15(14)10-13/h2-7,10,17H,8-9,11H2,1H3. The summed E-state index contributed by atoms with van der Waals surface area (Å²) in [5, 5.41) is 3.39. The van der Waals surface area contributed by atoms with Gasteiger partial charge in [-0.05, 0) is 42.2 Å². The summed E-state index contributed by atoms with van der Waals surface area (Å²) in [5.74, 6) is 0.964. The molecule has 0 bridgehead atoms. The highest BCUT2D eigenvalue weighted by atomic mass is 16.5. The molecular formula is C16H17NO. The van der Waals surface area contributed by atoms with Crippen molar-refractivity contribution in [3.05, 3.63) is 59.2 Å². The average Bonchev–Trinajstić information content (AvgIpc) is 2.85. The summed E-state index contributed by atoms with van der Waals surface area (Å²) < 4.78 is 5.85. The molecule has 1 heterocycles. The fraction of sp³-hybridized carbons (Fsp3) is 0.250. The number of benzene rings is 2. The Labute approximate surface area is 108 Å². The van der Waals surface area contributed by atoms with Crippen LogP contribution in [0.15, 0.2) is 42.5 Å². The fourth-order valence-electron chi connectivity index (χ4n) is 2.31. The van der Waals surface area contributed by atoms with Crippen LogP contribution in [0.5, 0.6) is 5.75 Å². The first-order valence-corrected chi connectivity index (χ1v) is 6.37. The maximum Gasteiger partial charge on any atom is 0.122 e. The second kappa shape index (κ2) is 4.73. The lowest BCUT2D eigenvalue weighted by Gasteiger charge is -2.10. The first-order chi connectivity index (χ1) is 8.83. The molecule has 0 radical (unpaired) electrons. The number of ether oxygens (including phenoxy) is 1. The smallest absolute Gasteiger partial charge is 0.122 e. The summed E-state index contributed by atoms with van der Waals surface area (Å²) in [4.78, 5) is 0. The van der Waals surface area contributed by atoms with Gasteiger partial charge in [0, 0.05) is 12.2 Å². The van der Waals surface area contributed by atoms with Gasteiger partial charge in [0.25, 0.3) is 0 Å². The highest BCUT2D eigenvalue weighted by Crippen LogP contribution is 2.24. The quantitative estimate of drug-likeness (QED) is 0.884. The number of aryl methyl sites for hydroxylation is 1. The summed E-state index contributed by atoms with van der Waals surface area (Å²) in [6.07, 6.45) is 1.13. The predicted molar refractivity (Wildman–Crippen MR) is 74.1 cm³/mol. The topological polar surface area (TPSA) is 21.3 Å². The molecule has 0 atom stereocenters. The predicted octanol–water partition coefficient (Wildman–Crippen LogP) is 3.54. The van der Waals surface area contributed by atoms with Crippen molar-refractivity contribution in [2.45, 2.75) is 20.0 Å². The lowest BCUT2D eigenvalue weighted by molar-refractivity contribution is 0.304. The van der Waals surface area contributed by atoms with Crippen LogP contribution < -0.4 is 10.1 Å². The van der Waals surface area contributed by atoms with Gasteiger partial charge in [0.05, 0.1) is 0 Å². The maximum absolute atomic E-state index is 5.85. The summed E-state index contributed by atoms with van der Waals surface area (Å²) in [6.45, 7) is 3.75. The van der Waals surface area contributed by atoms with Gasteiger partial charge in [0.1, 0.15) is 12.4 Å². The van der Waals surface area contributed by atoms with Crippen LogP contribution in [0.25, 0.3) is 0 Å². The number of hydrogen-bond acceptors (Lipinski definition) is 2. The van der Waals surface area contributed by atoms with Gasteiger partial charge in [-0.15, -0.1) is 0 Å². The number of nitrogens with one attached hydrogen (secondary N) is 1. The highest BCUT2D eigenvalue weighted by molar-refractivity contribution is 5.57. The van der Waals surface area contributed by atoms with Crippen LogP contribution in [-0.2, 0) is 13.0 Å². The maximum atomic E-state index is 5.85. The first-order valence-electron chi connectivity index (χ1n) is 6.37. The van der Waals surface area contributed by atoms with E-state index < -0.39 is 0 Å². The zero-order chi connectivity index (χ0) is 12.4. The molecule has 0 aliphatic carbocycles. The van der Waals surface area contributed by atoms with Gasteiger partial charge in [-0.1, -0.05) is 30.3 Å². The molecule has 0 spiro atoms. The number of anilines is 1. The second-order valence-corrected chi connectivity index (χ2v) is 4.72. The second-order valence-electron chi connectivity index (χ2n) is 4.72. The van der Waals surface area contributed by atoms with Crippen LogP contribution >= 0.6 is 0 Å². The van der Waals surface area contributed by atoms with Gasteiger partial charge >= 0.3 is 0 Å². The van der Waals surface area contributed by atoms with Crippen LogP contribution in [0.4, 0.5) is 5.69 Å². The van der Waals surface area contributed by atoms with E-state index >= 15 is 0 Å². The summed E-state index contributed by atoms with van der Waals surface area (Å²) in [5.41, 5.74) is 5.07. The van der Waals surface area contributed by atoms with Crippen molar-refractivity contribution < 1.29 is 4.74 Å². The van der Waals surface area contributed by atoms with Gasteiger partial charge in [0.2, 0.25) is 0 Å². The van der Waals surface area contributed by atoms with E-state index in [1.165, 1.54) is 22.4 Å². The Bertz CT molecular complexity index is 563. The zero-order valence-electron chi connectivity index (χ0n) is 10.6. The van der Waals surface area contributed by atoms with Crippen LogP contribution in [0.3, 0.4) is 0 Å². The van der Waals surface area contributed by atoms with Gasteiger partial charge in [0.15, 0.2) is 0 Å². The molecule has 0 fully saturated rings. The minimum Gasteiger partial charge on any atom is -0.489 e. The fourth-order valence-corrected chi connectivity index (χ4v) is 2.31. The monoisotopic (exact) mass is 239 g/mol. The molecule has 1 aliphatic rings. The SMILES string of the molecule is Cc1ccccc1OCc1ccc2c(c1)NCC2. The van der Waals surface area contributed by atoms with Crippen molar-refractivity contribution in [1.82, 2.24) is 0 Å². The molecule has 2 aromatic carbocycles. The molecule has 1 aliphatic heterocycles. The van der Waals surface area contributed by atoms with E-state index in [9.17, 15) is 0 Å². The van der Waals surface area contributed by atoms with E-state index in [4.69, 9.17) is 4.74 Å². The van der Waals surface area contributed by atoms with Gasteiger partial charge in [-0.3, -0.25) is 0 Å². The summed E-state index contributed by atoms with van der Waals surface area (Å²) >= 11 is 0. The lowest BCUT2D eigenvalue weighted by atomic mass is 10.1. The van der Waals surface area contributed by atoms with Gasteiger partial charge in [-0.2, -0.15) is 0 Å². The average molecular weight is 239 g/mol. The van der Waals surface area contributed by atoms with Crippen LogP contribution in [0.1, 0.15) is 16.7 Å². The highest BCUT2D eigenvalue weighted by Gasteiger charge is 2.10. The Balaban J connectivity index is 1.72. The number of rotatable bonds is 3. The van der Waals surface area contributed by atoms with E-state index in [0.717, 1.165) is 18.7 Å². The molecular weight excluding hydrogens is 222 g/mol. The van der Waals surface area contributed by atoms with Crippen LogP contribution in [0, 0.1) is 6.92 Å². The van der Waals surface area contributed by atoms with Gasteiger partial charge < -0.3 is 10.1 Å². The van der Waals surface area contributed by atoms with Crippen molar-refractivity contribution in [3.63, 3.8) is 0 Å². The van der Waals surface area contributed by atoms with Crippen LogP contribution in [0.2, 0.25) is 0 Å². The molecule has 0 amide bonds. The number of fused-ring (bicyclic) bond motifs is 1. The van der Waals surface area contributed by atoms with E-state index in [0.29, 0.717) is 6.61 Å². The molecule has 2 heteroatoms. The van der Waals surface area contributed by atoms with E-state index in [-0.39, 0.29) is 0 Å². The number of hydrogen-bond donors (Lipinski definition) is 1. The third-order valence-corrected chi connectivity index (χ3v) is 3.37. The normalized spacial score (nSPS) is 12.9. The van der Waals surface area contributed by atoms with E-state index in [1.807, 2.05) is 18.2 Å². The molecule has 3 rings (SSSR count). The number of para-hydroxylation sites is 1. The van der Waals surface area contributed by atoms with Crippen molar-refractivity contribution in [1.29, 1.82) is 0 Å². The molecule has 0 saturated heterocycles.